The summed E-state index contributed by atoms with van der Waals surface area (Å²) in [5.74, 6) is 0. The second-order valence-electron chi connectivity index (χ2n) is 5.20. The number of rotatable bonds is 5. The van der Waals surface area contributed by atoms with E-state index in [1.807, 2.05) is 25.1 Å². The molecule has 1 fully saturated rings. The average molecular weight is 322 g/mol. The Morgan fingerprint density at radius 1 is 1.43 bits per heavy atom. The molecule has 2 aromatic rings. The zero-order valence-corrected chi connectivity index (χ0v) is 13.2. The highest BCUT2D eigenvalue weighted by Crippen LogP contribution is 2.31. The molecule has 3 rings (SSSR count). The summed E-state index contributed by atoms with van der Waals surface area (Å²) in [6.07, 6.45) is 2.51. The zero-order valence-electron chi connectivity index (χ0n) is 11.6. The van der Waals surface area contributed by atoms with Gasteiger partial charge >= 0.3 is 0 Å². The van der Waals surface area contributed by atoms with E-state index in [2.05, 4.69) is 15.3 Å². The molecule has 21 heavy (non-hydrogen) atoms. The third-order valence-electron chi connectivity index (χ3n) is 3.24. The summed E-state index contributed by atoms with van der Waals surface area (Å²) in [6, 6.07) is 7.96. The lowest BCUT2D eigenvalue weighted by molar-refractivity contribution is 0.680. The van der Waals surface area contributed by atoms with Crippen LogP contribution in [0.3, 0.4) is 0 Å². The molecule has 0 bridgehead atoms. The number of aromatic nitrogens is 2. The Bertz CT molecular complexity index is 712. The maximum Gasteiger partial charge on any atom is 0.251 e. The van der Waals surface area contributed by atoms with Crippen LogP contribution in [-0.4, -0.2) is 16.0 Å². The molecule has 0 amide bonds. The lowest BCUT2D eigenvalue weighted by Crippen LogP contribution is -2.16. The summed E-state index contributed by atoms with van der Waals surface area (Å²) in [5.41, 5.74) is 1.74. The first-order chi connectivity index (χ1) is 10.1. The topological polar surface area (TPSA) is 57.8 Å². The molecule has 1 aliphatic carbocycles. The predicted octanol–water partition coefficient (Wildman–Crippen LogP) is 3.13. The fraction of sp³-hybridized carbons (Fsp3) is 0.333. The van der Waals surface area contributed by atoms with Crippen molar-refractivity contribution in [1.29, 1.82) is 0 Å². The van der Waals surface area contributed by atoms with E-state index in [1.165, 1.54) is 36.2 Å². The maximum atomic E-state index is 11.5. The van der Waals surface area contributed by atoms with E-state index >= 15 is 0 Å². The zero-order chi connectivity index (χ0) is 14.8. The molecule has 6 heteroatoms. The molecule has 0 unspecified atom stereocenters. The highest BCUT2D eigenvalue weighted by atomic mass is 35.5. The molecule has 0 radical (unpaired) electrons. The van der Waals surface area contributed by atoms with Crippen molar-refractivity contribution in [3.8, 4) is 0 Å². The summed E-state index contributed by atoms with van der Waals surface area (Å²) in [4.78, 5) is 19.7. The van der Waals surface area contributed by atoms with Gasteiger partial charge < -0.3 is 10.3 Å². The van der Waals surface area contributed by atoms with E-state index in [4.69, 9.17) is 11.6 Å². The van der Waals surface area contributed by atoms with Crippen molar-refractivity contribution in [3.05, 3.63) is 50.9 Å². The van der Waals surface area contributed by atoms with Crippen LogP contribution in [-0.2, 0) is 6.54 Å². The van der Waals surface area contributed by atoms with Gasteiger partial charge in [-0.2, -0.15) is 0 Å². The smallest absolute Gasteiger partial charge is 0.251 e. The van der Waals surface area contributed by atoms with Gasteiger partial charge in [-0.3, -0.25) is 4.79 Å². The van der Waals surface area contributed by atoms with Crippen molar-refractivity contribution in [1.82, 2.24) is 15.3 Å². The third kappa shape index (κ3) is 4.09. The number of benzene rings is 1. The summed E-state index contributed by atoms with van der Waals surface area (Å²) in [7, 11) is 0. The first-order valence-corrected chi connectivity index (χ1v) is 8.07. The molecule has 0 atom stereocenters. The molecule has 0 saturated heterocycles. The molecule has 0 aliphatic heterocycles. The van der Waals surface area contributed by atoms with Gasteiger partial charge in [0.1, 0.15) is 0 Å². The Hall–Kier alpha value is -1.30. The third-order valence-corrected chi connectivity index (χ3v) is 4.46. The van der Waals surface area contributed by atoms with Crippen molar-refractivity contribution in [2.24, 2.45) is 0 Å². The lowest BCUT2D eigenvalue weighted by Gasteiger charge is -2.10. The molecule has 2 N–H and O–H groups in total. The van der Waals surface area contributed by atoms with Crippen LogP contribution < -0.4 is 10.9 Å². The fourth-order valence-electron chi connectivity index (χ4n) is 2.02. The Morgan fingerprint density at radius 2 is 2.24 bits per heavy atom. The van der Waals surface area contributed by atoms with Crippen LogP contribution in [0.2, 0.25) is 5.02 Å². The van der Waals surface area contributed by atoms with Crippen LogP contribution in [0, 0.1) is 6.92 Å². The van der Waals surface area contributed by atoms with Gasteiger partial charge in [0.15, 0.2) is 5.16 Å². The monoisotopic (exact) mass is 321 g/mol. The number of nitrogens with one attached hydrogen (secondary N) is 2. The molecule has 0 spiro atoms. The molecule has 1 aromatic heterocycles. The first kappa shape index (κ1) is 14.6. The van der Waals surface area contributed by atoms with E-state index in [1.54, 1.807) is 0 Å². The van der Waals surface area contributed by atoms with Crippen LogP contribution in [0.5, 0.6) is 0 Å². The number of hydrogen-bond donors (Lipinski definition) is 2. The molecule has 1 aliphatic rings. The molecule has 4 nitrogen and oxygen atoms in total. The Morgan fingerprint density at radius 3 is 2.95 bits per heavy atom. The molecule has 1 aromatic carbocycles. The second kappa shape index (κ2) is 6.22. The Labute approximate surface area is 132 Å². The normalized spacial score (nSPS) is 14.4. The van der Waals surface area contributed by atoms with Crippen LogP contribution >= 0.6 is 23.4 Å². The van der Waals surface area contributed by atoms with Crippen molar-refractivity contribution in [2.75, 3.05) is 0 Å². The minimum atomic E-state index is -0.135. The number of nitrogens with zero attached hydrogens (tertiary/aromatic N) is 1. The minimum absolute atomic E-state index is 0.135. The summed E-state index contributed by atoms with van der Waals surface area (Å²) in [6.45, 7) is 2.62. The Balaban J connectivity index is 1.84. The minimum Gasteiger partial charge on any atom is -0.310 e. The summed E-state index contributed by atoms with van der Waals surface area (Å²) < 4.78 is 0. The van der Waals surface area contributed by atoms with E-state index < -0.39 is 0 Å². The van der Waals surface area contributed by atoms with Crippen LogP contribution in [0.1, 0.15) is 24.1 Å². The first-order valence-electron chi connectivity index (χ1n) is 6.88. The molecule has 1 saturated carbocycles. The van der Waals surface area contributed by atoms with Crippen molar-refractivity contribution < 1.29 is 0 Å². The molecule has 1 heterocycles. The van der Waals surface area contributed by atoms with Gasteiger partial charge in [0, 0.05) is 34.3 Å². The van der Waals surface area contributed by atoms with E-state index in [9.17, 15) is 4.79 Å². The van der Waals surface area contributed by atoms with Gasteiger partial charge in [-0.1, -0.05) is 29.4 Å². The van der Waals surface area contributed by atoms with Gasteiger partial charge in [-0.25, -0.2) is 4.98 Å². The van der Waals surface area contributed by atoms with Crippen LogP contribution in [0.25, 0.3) is 0 Å². The number of aryl methyl sites for hydroxylation is 1. The number of hydrogen-bond acceptors (Lipinski definition) is 4. The van der Waals surface area contributed by atoms with Gasteiger partial charge in [0.05, 0.1) is 0 Å². The number of aromatic amines is 1. The summed E-state index contributed by atoms with van der Waals surface area (Å²) >= 11 is 7.53. The van der Waals surface area contributed by atoms with Crippen molar-refractivity contribution in [2.45, 2.75) is 42.4 Å². The highest BCUT2D eigenvalue weighted by molar-refractivity contribution is 7.99. The maximum absolute atomic E-state index is 11.5. The number of H-pyrrole nitrogens is 1. The standard InChI is InChI=1S/C15H16ClN3OS/c1-9-6-14(20)19-15(18-9)21-13-7-11(16)3-2-10(13)8-17-12-4-5-12/h2-3,6-7,12,17H,4-5,8H2,1H3,(H,18,19,20). The second-order valence-corrected chi connectivity index (χ2v) is 6.67. The highest BCUT2D eigenvalue weighted by Gasteiger charge is 2.20. The van der Waals surface area contributed by atoms with Gasteiger partial charge in [0.25, 0.3) is 5.56 Å². The molecule has 110 valence electrons. The van der Waals surface area contributed by atoms with Crippen LogP contribution in [0.15, 0.2) is 39.1 Å². The fourth-order valence-corrected chi connectivity index (χ4v) is 3.26. The number of halogens is 1. The van der Waals surface area contributed by atoms with Gasteiger partial charge in [0.2, 0.25) is 0 Å². The quantitative estimate of drug-likeness (QED) is 0.831. The van der Waals surface area contributed by atoms with Crippen LogP contribution in [0.4, 0.5) is 0 Å². The van der Waals surface area contributed by atoms with E-state index in [-0.39, 0.29) is 5.56 Å². The van der Waals surface area contributed by atoms with E-state index in [0.717, 1.165) is 11.4 Å². The SMILES string of the molecule is Cc1cc(=O)[nH]c(Sc2cc(Cl)ccc2CNC2CC2)n1. The largest absolute Gasteiger partial charge is 0.310 e. The van der Waals surface area contributed by atoms with E-state index in [0.29, 0.717) is 21.9 Å². The predicted molar refractivity (Wildman–Crippen MR) is 85.0 cm³/mol. The van der Waals surface area contributed by atoms with Gasteiger partial charge in [-0.15, -0.1) is 0 Å². The summed E-state index contributed by atoms with van der Waals surface area (Å²) in [5, 5.41) is 4.77. The van der Waals surface area contributed by atoms with Gasteiger partial charge in [-0.05, 0) is 37.5 Å². The van der Waals surface area contributed by atoms with Crippen molar-refractivity contribution in [3.63, 3.8) is 0 Å². The van der Waals surface area contributed by atoms with Crippen molar-refractivity contribution >= 4 is 23.4 Å². The Kier molecular flexibility index (Phi) is 4.33. The average Bonchev–Trinajstić information content (AvgIpc) is 3.20. The molecular formula is C15H16ClN3OS. The lowest BCUT2D eigenvalue weighted by atomic mass is 10.2. The molecular weight excluding hydrogens is 306 g/mol.